The molecule has 32 heavy (non-hydrogen) atoms. The van der Waals surface area contributed by atoms with Gasteiger partial charge in [-0.25, -0.2) is 4.98 Å². The lowest BCUT2D eigenvalue weighted by molar-refractivity contribution is -0.142. The minimum atomic E-state index is -0.468. The fraction of sp³-hybridized carbons (Fsp3) is 0.545. The van der Waals surface area contributed by atoms with E-state index in [1.165, 1.54) is 35.5 Å². The molecule has 0 bridgehead atoms. The van der Waals surface area contributed by atoms with Gasteiger partial charge in [0.15, 0.2) is 10.2 Å². The van der Waals surface area contributed by atoms with Crippen molar-refractivity contribution in [1.29, 1.82) is 0 Å². The van der Waals surface area contributed by atoms with E-state index in [0.29, 0.717) is 42.2 Å². The molecule has 172 valence electrons. The molecule has 2 amide bonds. The second-order valence-corrected chi connectivity index (χ2v) is 10.6. The number of nitrogens with one attached hydrogen (secondary N) is 2. The van der Waals surface area contributed by atoms with Crippen molar-refractivity contribution in [2.75, 3.05) is 25.0 Å². The minimum Gasteiger partial charge on any atom is -0.358 e. The average Bonchev–Trinajstić information content (AvgIpc) is 3.51. The number of thiophene rings is 1. The molecule has 0 aromatic carbocycles. The summed E-state index contributed by atoms with van der Waals surface area (Å²) < 4.78 is 0. The highest BCUT2D eigenvalue weighted by molar-refractivity contribution is 7.80. The number of amides is 2. The van der Waals surface area contributed by atoms with Crippen LogP contribution in [-0.2, 0) is 16.1 Å². The Hall–Kier alpha value is -2.04. The molecule has 2 fully saturated rings. The van der Waals surface area contributed by atoms with Crippen LogP contribution in [0.15, 0.2) is 29.1 Å². The average molecular weight is 492 g/mol. The van der Waals surface area contributed by atoms with Gasteiger partial charge in [0, 0.05) is 29.5 Å². The van der Waals surface area contributed by atoms with E-state index in [1.54, 1.807) is 22.4 Å². The van der Waals surface area contributed by atoms with Crippen LogP contribution >= 0.6 is 34.9 Å². The first-order valence-corrected chi connectivity index (χ1v) is 13.3. The van der Waals surface area contributed by atoms with Gasteiger partial charge < -0.3 is 20.4 Å². The molecule has 0 unspecified atom stereocenters. The van der Waals surface area contributed by atoms with Crippen LogP contribution in [0.2, 0.25) is 0 Å². The first-order chi connectivity index (χ1) is 15.6. The second-order valence-electron chi connectivity index (χ2n) is 8.33. The summed E-state index contributed by atoms with van der Waals surface area (Å²) in [6.07, 6.45) is 8.32. The largest absolute Gasteiger partial charge is 0.358 e. The highest BCUT2D eigenvalue weighted by atomic mass is 32.1. The minimum absolute atomic E-state index is 0.0494. The standard InChI is InChI=1S/C22H29N5O2S3/c28-19-15-26(22(30)24-14-17-7-4-11-31-17)9-10-27(19)18(13-16-5-2-1-3-6-16)20(29)25-21-23-8-12-32-21/h4,7-8,11-12,16,18H,1-3,5-6,9-10,13-15H2,(H,24,30)(H,23,25,29)/t18-/m0/s1. The quantitative estimate of drug-likeness (QED) is 0.575. The Balaban J connectivity index is 1.38. The van der Waals surface area contributed by atoms with Crippen molar-refractivity contribution in [1.82, 2.24) is 20.1 Å². The summed E-state index contributed by atoms with van der Waals surface area (Å²) in [5.41, 5.74) is 0. The Labute approximate surface area is 202 Å². The number of carbonyl (C=O) groups excluding carboxylic acids is 2. The van der Waals surface area contributed by atoms with Gasteiger partial charge in [-0.2, -0.15) is 0 Å². The molecule has 2 aromatic heterocycles. The van der Waals surface area contributed by atoms with E-state index in [1.807, 2.05) is 21.7 Å². The molecule has 1 atom stereocenters. The predicted molar refractivity (Wildman–Crippen MR) is 133 cm³/mol. The molecule has 3 heterocycles. The number of aromatic nitrogens is 1. The van der Waals surface area contributed by atoms with Crippen molar-refractivity contribution in [2.45, 2.75) is 51.1 Å². The summed E-state index contributed by atoms with van der Waals surface area (Å²) in [5, 5.41) is 11.2. The number of carbonyl (C=O) groups is 2. The van der Waals surface area contributed by atoms with Gasteiger partial charge in [-0.15, -0.1) is 22.7 Å². The lowest BCUT2D eigenvalue weighted by atomic mass is 9.84. The van der Waals surface area contributed by atoms with Crippen molar-refractivity contribution in [2.24, 2.45) is 5.92 Å². The molecule has 2 N–H and O–H groups in total. The smallest absolute Gasteiger partial charge is 0.248 e. The van der Waals surface area contributed by atoms with Crippen LogP contribution in [-0.4, -0.2) is 57.4 Å². The van der Waals surface area contributed by atoms with Gasteiger partial charge in [-0.1, -0.05) is 38.2 Å². The fourth-order valence-electron chi connectivity index (χ4n) is 4.47. The maximum Gasteiger partial charge on any atom is 0.248 e. The van der Waals surface area contributed by atoms with E-state index < -0.39 is 6.04 Å². The van der Waals surface area contributed by atoms with Gasteiger partial charge >= 0.3 is 0 Å². The van der Waals surface area contributed by atoms with Crippen LogP contribution in [0, 0.1) is 5.92 Å². The molecule has 7 nitrogen and oxygen atoms in total. The van der Waals surface area contributed by atoms with Crippen LogP contribution in [0.25, 0.3) is 0 Å². The van der Waals surface area contributed by atoms with E-state index in [-0.39, 0.29) is 18.4 Å². The van der Waals surface area contributed by atoms with E-state index in [2.05, 4.69) is 21.7 Å². The number of hydrogen-bond donors (Lipinski definition) is 2. The molecule has 10 heteroatoms. The van der Waals surface area contributed by atoms with E-state index in [4.69, 9.17) is 12.2 Å². The SMILES string of the molecule is O=C(Nc1nccs1)[C@H](CC1CCCCC1)N1CCN(C(=S)NCc2cccs2)CC1=O. The number of thiazole rings is 1. The predicted octanol–water partition coefficient (Wildman–Crippen LogP) is 3.70. The molecule has 0 radical (unpaired) electrons. The number of piperazine rings is 1. The van der Waals surface area contributed by atoms with Gasteiger partial charge in [-0.3, -0.25) is 9.59 Å². The third-order valence-corrected chi connectivity index (χ3v) is 8.13. The zero-order valence-corrected chi connectivity index (χ0v) is 20.4. The number of rotatable bonds is 7. The third kappa shape index (κ3) is 6.05. The highest BCUT2D eigenvalue weighted by Crippen LogP contribution is 2.30. The Kier molecular flexibility index (Phi) is 8.10. The third-order valence-electron chi connectivity index (χ3n) is 6.16. The highest BCUT2D eigenvalue weighted by Gasteiger charge is 2.36. The Morgan fingerprint density at radius 1 is 1.22 bits per heavy atom. The van der Waals surface area contributed by atoms with Crippen LogP contribution in [0.1, 0.15) is 43.4 Å². The normalized spacial score (nSPS) is 18.4. The van der Waals surface area contributed by atoms with E-state index in [9.17, 15) is 9.59 Å². The number of nitrogens with zero attached hydrogens (tertiary/aromatic N) is 3. The zero-order chi connectivity index (χ0) is 22.3. The van der Waals surface area contributed by atoms with Gasteiger partial charge in [0.25, 0.3) is 0 Å². The molecule has 4 rings (SSSR count). The monoisotopic (exact) mass is 491 g/mol. The number of hydrogen-bond acceptors (Lipinski definition) is 6. The Morgan fingerprint density at radius 2 is 2.06 bits per heavy atom. The van der Waals surface area contributed by atoms with E-state index >= 15 is 0 Å². The molecular formula is C22H29N5O2S3. The summed E-state index contributed by atoms with van der Waals surface area (Å²) in [6, 6.07) is 3.60. The second kappa shape index (κ2) is 11.2. The summed E-state index contributed by atoms with van der Waals surface area (Å²) in [6.45, 7) is 1.96. The number of thiocarbonyl (C=S) groups is 1. The molecule has 1 aliphatic carbocycles. The van der Waals surface area contributed by atoms with Gasteiger partial charge in [0.05, 0.1) is 13.1 Å². The molecule has 2 aliphatic rings. The molecule has 1 aliphatic heterocycles. The van der Waals surface area contributed by atoms with Gasteiger partial charge in [-0.05, 0) is 36.0 Å². The molecular weight excluding hydrogens is 462 g/mol. The molecule has 1 saturated carbocycles. The molecule has 0 spiro atoms. The maximum atomic E-state index is 13.2. The fourth-order valence-corrected chi connectivity index (χ4v) is 5.87. The van der Waals surface area contributed by atoms with Crippen LogP contribution < -0.4 is 10.6 Å². The van der Waals surface area contributed by atoms with E-state index in [0.717, 1.165) is 12.8 Å². The van der Waals surface area contributed by atoms with Crippen LogP contribution in [0.4, 0.5) is 5.13 Å². The van der Waals surface area contributed by atoms with Crippen molar-refractivity contribution >= 4 is 56.9 Å². The van der Waals surface area contributed by atoms with Crippen molar-refractivity contribution < 1.29 is 9.59 Å². The topological polar surface area (TPSA) is 77.6 Å². The Morgan fingerprint density at radius 3 is 2.75 bits per heavy atom. The summed E-state index contributed by atoms with van der Waals surface area (Å²) in [5.74, 6) is 0.299. The van der Waals surface area contributed by atoms with Gasteiger partial charge in [0.1, 0.15) is 6.04 Å². The van der Waals surface area contributed by atoms with Gasteiger partial charge in [0.2, 0.25) is 11.8 Å². The van der Waals surface area contributed by atoms with Crippen molar-refractivity contribution in [3.05, 3.63) is 34.0 Å². The first kappa shape index (κ1) is 23.1. The Bertz CT molecular complexity index is 897. The molecule has 2 aromatic rings. The number of anilines is 1. The summed E-state index contributed by atoms with van der Waals surface area (Å²) in [4.78, 5) is 35.4. The maximum absolute atomic E-state index is 13.2. The van der Waals surface area contributed by atoms with Crippen molar-refractivity contribution in [3.8, 4) is 0 Å². The van der Waals surface area contributed by atoms with Crippen molar-refractivity contribution in [3.63, 3.8) is 0 Å². The van der Waals surface area contributed by atoms with Crippen LogP contribution in [0.5, 0.6) is 0 Å². The summed E-state index contributed by atoms with van der Waals surface area (Å²) >= 11 is 8.59. The lowest BCUT2D eigenvalue weighted by Gasteiger charge is -2.40. The molecule has 1 saturated heterocycles. The zero-order valence-electron chi connectivity index (χ0n) is 18.0. The first-order valence-electron chi connectivity index (χ1n) is 11.1. The van der Waals surface area contributed by atoms with Crippen LogP contribution in [0.3, 0.4) is 0 Å². The summed E-state index contributed by atoms with van der Waals surface area (Å²) in [7, 11) is 0. The lowest BCUT2D eigenvalue weighted by Crippen LogP contribution is -2.59.